The van der Waals surface area contributed by atoms with Gasteiger partial charge in [0.15, 0.2) is 0 Å². The summed E-state index contributed by atoms with van der Waals surface area (Å²) in [6, 6.07) is 19.4. The number of carbonyl (C=O) groups excluding carboxylic acids is 1. The van der Waals surface area contributed by atoms with Crippen LogP contribution in [0.4, 0.5) is 0 Å². The van der Waals surface area contributed by atoms with E-state index in [1.54, 1.807) is 17.4 Å². The van der Waals surface area contributed by atoms with Crippen LogP contribution < -0.4 is 5.32 Å². The summed E-state index contributed by atoms with van der Waals surface area (Å²) >= 11 is 1.63. The molecule has 0 aliphatic heterocycles. The number of fused-ring (bicyclic) bond motifs is 1. The molecule has 0 unspecified atom stereocenters. The lowest BCUT2D eigenvalue weighted by Crippen LogP contribution is -2.28. The van der Waals surface area contributed by atoms with E-state index in [2.05, 4.69) is 15.6 Å². The van der Waals surface area contributed by atoms with Crippen LogP contribution in [0, 0.1) is 0 Å². The van der Waals surface area contributed by atoms with Gasteiger partial charge in [0.1, 0.15) is 5.52 Å². The molecular formula is C20H18N4OS. The van der Waals surface area contributed by atoms with Gasteiger partial charge in [-0.25, -0.2) is 4.68 Å². The van der Waals surface area contributed by atoms with Gasteiger partial charge < -0.3 is 5.32 Å². The Balaban J connectivity index is 1.64. The molecule has 4 aromatic rings. The average Bonchev–Trinajstić information content (AvgIpc) is 3.35. The number of thiophene rings is 1. The molecule has 1 atom stereocenters. The Morgan fingerprint density at radius 1 is 1.15 bits per heavy atom. The Morgan fingerprint density at radius 2 is 2.00 bits per heavy atom. The molecule has 2 aromatic heterocycles. The van der Waals surface area contributed by atoms with E-state index < -0.39 is 0 Å². The predicted octanol–water partition coefficient (Wildman–Crippen LogP) is 4.03. The highest BCUT2D eigenvalue weighted by Crippen LogP contribution is 2.26. The summed E-state index contributed by atoms with van der Waals surface area (Å²) in [7, 11) is 0. The smallest absolute Gasteiger partial charge is 0.252 e. The fourth-order valence-electron chi connectivity index (χ4n) is 2.98. The molecular weight excluding hydrogens is 344 g/mol. The van der Waals surface area contributed by atoms with Crippen molar-refractivity contribution in [3.8, 4) is 0 Å². The van der Waals surface area contributed by atoms with Gasteiger partial charge in [-0.05, 0) is 42.1 Å². The Labute approximate surface area is 155 Å². The summed E-state index contributed by atoms with van der Waals surface area (Å²) in [5.41, 5.74) is 3.30. The standard InChI is InChI=1S/C20H18N4OS/c1-2-24-17-11-10-15(13-16(17)22-23-24)20(25)21-19(18-9-6-12-26-18)14-7-4-3-5-8-14/h3-13,19H,2H2,1H3,(H,21,25)/t19-/m0/s1. The van der Waals surface area contributed by atoms with Crippen molar-refractivity contribution < 1.29 is 4.79 Å². The summed E-state index contributed by atoms with van der Waals surface area (Å²) < 4.78 is 1.81. The van der Waals surface area contributed by atoms with Gasteiger partial charge in [-0.2, -0.15) is 0 Å². The lowest BCUT2D eigenvalue weighted by molar-refractivity contribution is 0.0943. The second-order valence-electron chi connectivity index (χ2n) is 5.94. The molecule has 130 valence electrons. The zero-order chi connectivity index (χ0) is 17.9. The van der Waals surface area contributed by atoms with Crippen LogP contribution in [0.5, 0.6) is 0 Å². The van der Waals surface area contributed by atoms with E-state index in [0.717, 1.165) is 28.0 Å². The van der Waals surface area contributed by atoms with Crippen LogP contribution in [-0.4, -0.2) is 20.9 Å². The number of nitrogens with zero attached hydrogens (tertiary/aromatic N) is 3. The van der Waals surface area contributed by atoms with Crippen LogP contribution in [0.25, 0.3) is 11.0 Å². The second kappa shape index (κ2) is 7.09. The maximum atomic E-state index is 12.9. The average molecular weight is 362 g/mol. The van der Waals surface area contributed by atoms with Crippen LogP contribution in [0.1, 0.15) is 33.8 Å². The number of nitrogens with one attached hydrogen (secondary N) is 1. The van der Waals surface area contributed by atoms with Crippen LogP contribution >= 0.6 is 11.3 Å². The maximum Gasteiger partial charge on any atom is 0.252 e. The molecule has 0 saturated heterocycles. The lowest BCUT2D eigenvalue weighted by Gasteiger charge is -2.18. The summed E-state index contributed by atoms with van der Waals surface area (Å²) in [5, 5.41) is 13.4. The van der Waals surface area contributed by atoms with Crippen molar-refractivity contribution >= 4 is 28.3 Å². The third-order valence-corrected chi connectivity index (χ3v) is 5.25. The number of carbonyl (C=O) groups is 1. The van der Waals surface area contributed by atoms with E-state index in [-0.39, 0.29) is 11.9 Å². The third kappa shape index (κ3) is 3.11. The van der Waals surface area contributed by atoms with Gasteiger partial charge >= 0.3 is 0 Å². The molecule has 0 radical (unpaired) electrons. The fraction of sp³-hybridized carbons (Fsp3) is 0.150. The quantitative estimate of drug-likeness (QED) is 0.583. The van der Waals surface area contributed by atoms with E-state index in [4.69, 9.17) is 0 Å². The zero-order valence-electron chi connectivity index (χ0n) is 14.3. The minimum atomic E-state index is -0.175. The first-order valence-electron chi connectivity index (χ1n) is 8.48. The number of aryl methyl sites for hydroxylation is 1. The molecule has 0 fully saturated rings. The molecule has 2 heterocycles. The molecule has 1 N–H and O–H groups in total. The molecule has 2 aromatic carbocycles. The van der Waals surface area contributed by atoms with Gasteiger partial charge in [0.2, 0.25) is 0 Å². The first-order valence-corrected chi connectivity index (χ1v) is 9.36. The van der Waals surface area contributed by atoms with Crippen molar-refractivity contribution in [3.05, 3.63) is 82.0 Å². The number of rotatable bonds is 5. The number of hydrogen-bond acceptors (Lipinski definition) is 4. The highest BCUT2D eigenvalue weighted by molar-refractivity contribution is 7.10. The highest BCUT2D eigenvalue weighted by atomic mass is 32.1. The van der Waals surface area contributed by atoms with Gasteiger partial charge in [0, 0.05) is 17.0 Å². The normalized spacial score (nSPS) is 12.2. The summed E-state index contributed by atoms with van der Waals surface area (Å²) in [6.07, 6.45) is 0. The van der Waals surface area contributed by atoms with E-state index in [0.29, 0.717) is 5.56 Å². The monoisotopic (exact) mass is 362 g/mol. The van der Waals surface area contributed by atoms with Gasteiger partial charge in [-0.1, -0.05) is 41.6 Å². The number of aromatic nitrogens is 3. The minimum absolute atomic E-state index is 0.125. The Kier molecular flexibility index (Phi) is 4.50. The molecule has 1 amide bonds. The zero-order valence-corrected chi connectivity index (χ0v) is 15.1. The van der Waals surface area contributed by atoms with Gasteiger partial charge in [0.05, 0.1) is 11.6 Å². The van der Waals surface area contributed by atoms with Crippen LogP contribution in [-0.2, 0) is 6.54 Å². The van der Waals surface area contributed by atoms with Gasteiger partial charge in [-0.3, -0.25) is 4.79 Å². The molecule has 0 aliphatic rings. The Bertz CT molecular complexity index is 1020. The number of hydrogen-bond donors (Lipinski definition) is 1. The summed E-state index contributed by atoms with van der Waals surface area (Å²) in [5.74, 6) is -0.125. The molecule has 6 heteroatoms. The second-order valence-corrected chi connectivity index (χ2v) is 6.92. The van der Waals surface area contributed by atoms with E-state index >= 15 is 0 Å². The first kappa shape index (κ1) is 16.5. The summed E-state index contributed by atoms with van der Waals surface area (Å²) in [4.78, 5) is 14.0. The summed E-state index contributed by atoms with van der Waals surface area (Å²) in [6.45, 7) is 2.76. The Morgan fingerprint density at radius 3 is 2.73 bits per heavy atom. The topological polar surface area (TPSA) is 59.8 Å². The molecule has 5 nitrogen and oxygen atoms in total. The van der Waals surface area contributed by atoms with Crippen LogP contribution in [0.15, 0.2) is 66.0 Å². The molecule has 4 rings (SSSR count). The van der Waals surface area contributed by atoms with Crippen LogP contribution in [0.2, 0.25) is 0 Å². The van der Waals surface area contributed by atoms with Crippen molar-refractivity contribution in [3.63, 3.8) is 0 Å². The number of amides is 1. The molecule has 0 spiro atoms. The van der Waals surface area contributed by atoms with Crippen molar-refractivity contribution in [1.29, 1.82) is 0 Å². The van der Waals surface area contributed by atoms with E-state index in [1.807, 2.05) is 71.6 Å². The Hall–Kier alpha value is -2.99. The maximum absolute atomic E-state index is 12.9. The fourth-order valence-corrected chi connectivity index (χ4v) is 3.78. The number of benzene rings is 2. The molecule has 0 bridgehead atoms. The van der Waals surface area contributed by atoms with Crippen molar-refractivity contribution in [2.45, 2.75) is 19.5 Å². The minimum Gasteiger partial charge on any atom is -0.340 e. The van der Waals surface area contributed by atoms with Gasteiger partial charge in [-0.15, -0.1) is 16.4 Å². The van der Waals surface area contributed by atoms with E-state index in [9.17, 15) is 4.79 Å². The predicted molar refractivity (Wildman–Crippen MR) is 103 cm³/mol. The molecule has 0 saturated carbocycles. The van der Waals surface area contributed by atoms with Gasteiger partial charge in [0.25, 0.3) is 5.91 Å². The molecule has 26 heavy (non-hydrogen) atoms. The largest absolute Gasteiger partial charge is 0.340 e. The third-order valence-electron chi connectivity index (χ3n) is 4.31. The van der Waals surface area contributed by atoms with Crippen molar-refractivity contribution in [2.24, 2.45) is 0 Å². The first-order chi connectivity index (χ1) is 12.8. The van der Waals surface area contributed by atoms with E-state index in [1.165, 1.54) is 0 Å². The molecule has 0 aliphatic carbocycles. The lowest BCUT2D eigenvalue weighted by atomic mass is 10.0. The van der Waals surface area contributed by atoms with Crippen molar-refractivity contribution in [2.75, 3.05) is 0 Å². The highest BCUT2D eigenvalue weighted by Gasteiger charge is 2.19. The SMILES string of the molecule is CCn1nnc2cc(C(=O)N[C@@H](c3ccccc3)c3cccs3)ccc21. The van der Waals surface area contributed by atoms with Crippen molar-refractivity contribution in [1.82, 2.24) is 20.3 Å². The van der Waals surface area contributed by atoms with Crippen LogP contribution in [0.3, 0.4) is 0 Å².